The third kappa shape index (κ3) is 3.32. The first kappa shape index (κ1) is 13.1. The minimum Gasteiger partial charge on any atom is -0.375 e. The van der Waals surface area contributed by atoms with E-state index in [9.17, 15) is 0 Å². The van der Waals surface area contributed by atoms with Crippen molar-refractivity contribution >= 4 is 0 Å². The highest BCUT2D eigenvalue weighted by atomic mass is 16.5. The molecule has 2 nitrogen and oxygen atoms in total. The first-order chi connectivity index (χ1) is 8.20. The minimum atomic E-state index is 0.541. The van der Waals surface area contributed by atoms with E-state index in [2.05, 4.69) is 25.7 Å². The van der Waals surface area contributed by atoms with Crippen LogP contribution in [0.15, 0.2) is 12.2 Å². The van der Waals surface area contributed by atoms with Crippen molar-refractivity contribution in [1.82, 2.24) is 5.32 Å². The molecule has 2 bridgehead atoms. The molecule has 1 N–H and O–H groups in total. The molecule has 2 heteroatoms. The molecule has 2 heterocycles. The number of fused-ring (bicyclic) bond motifs is 2. The average molecular weight is 237 g/mol. The van der Waals surface area contributed by atoms with Gasteiger partial charge in [-0.05, 0) is 52.0 Å². The van der Waals surface area contributed by atoms with Crippen LogP contribution in [0, 0.1) is 5.92 Å². The van der Waals surface area contributed by atoms with Crippen LogP contribution < -0.4 is 5.32 Å². The Hall–Kier alpha value is -0.340. The van der Waals surface area contributed by atoms with Gasteiger partial charge in [-0.3, -0.25) is 0 Å². The van der Waals surface area contributed by atoms with Crippen molar-refractivity contribution in [2.24, 2.45) is 5.92 Å². The van der Waals surface area contributed by atoms with Gasteiger partial charge >= 0.3 is 0 Å². The van der Waals surface area contributed by atoms with Crippen molar-refractivity contribution < 1.29 is 4.74 Å². The monoisotopic (exact) mass is 237 g/mol. The Kier molecular flexibility index (Phi) is 4.63. The van der Waals surface area contributed by atoms with Crippen LogP contribution in [0.5, 0.6) is 0 Å². The number of hydrogen-bond donors (Lipinski definition) is 1. The van der Waals surface area contributed by atoms with E-state index < -0.39 is 0 Å². The van der Waals surface area contributed by atoms with Crippen LogP contribution in [0.25, 0.3) is 0 Å². The fourth-order valence-corrected chi connectivity index (χ4v) is 3.30. The van der Waals surface area contributed by atoms with E-state index in [1.165, 1.54) is 37.7 Å². The third-order valence-electron chi connectivity index (χ3n) is 4.21. The van der Waals surface area contributed by atoms with E-state index in [1.807, 2.05) is 0 Å². The summed E-state index contributed by atoms with van der Waals surface area (Å²) < 4.78 is 5.99. The fraction of sp³-hybridized carbons (Fsp3) is 0.867. The maximum Gasteiger partial charge on any atom is 0.0623 e. The van der Waals surface area contributed by atoms with Crippen molar-refractivity contribution in [3.05, 3.63) is 12.2 Å². The third-order valence-corrected chi connectivity index (χ3v) is 4.21. The summed E-state index contributed by atoms with van der Waals surface area (Å²) in [7, 11) is 0. The lowest BCUT2D eigenvalue weighted by Gasteiger charge is -2.29. The van der Waals surface area contributed by atoms with Gasteiger partial charge in [-0.1, -0.05) is 12.5 Å². The molecule has 0 aromatic rings. The number of rotatable bonds is 7. The van der Waals surface area contributed by atoms with E-state index in [4.69, 9.17) is 4.74 Å². The van der Waals surface area contributed by atoms with Crippen LogP contribution >= 0.6 is 0 Å². The predicted molar refractivity (Wildman–Crippen MR) is 72.1 cm³/mol. The predicted octanol–water partition coefficient (Wildman–Crippen LogP) is 3.28. The molecule has 0 saturated carbocycles. The highest BCUT2D eigenvalue weighted by molar-refractivity contribution is 4.97. The maximum absolute atomic E-state index is 5.99. The van der Waals surface area contributed by atoms with Crippen LogP contribution in [0.1, 0.15) is 52.4 Å². The molecule has 17 heavy (non-hydrogen) atoms. The second-order valence-corrected chi connectivity index (χ2v) is 5.83. The second-order valence-electron chi connectivity index (χ2n) is 5.83. The smallest absolute Gasteiger partial charge is 0.0623 e. The molecule has 0 amide bonds. The lowest BCUT2D eigenvalue weighted by Crippen LogP contribution is -2.41. The molecule has 2 aliphatic rings. The van der Waals surface area contributed by atoms with Gasteiger partial charge in [-0.2, -0.15) is 0 Å². The summed E-state index contributed by atoms with van der Waals surface area (Å²) in [5.41, 5.74) is 1.30. The Balaban J connectivity index is 1.87. The second kappa shape index (κ2) is 6.01. The molecule has 2 aliphatic heterocycles. The quantitative estimate of drug-likeness (QED) is 0.686. The van der Waals surface area contributed by atoms with Gasteiger partial charge in [-0.25, -0.2) is 0 Å². The molecule has 4 unspecified atom stereocenters. The lowest BCUT2D eigenvalue weighted by molar-refractivity contribution is 0.0850. The lowest BCUT2D eigenvalue weighted by atomic mass is 9.81. The molecule has 0 radical (unpaired) electrons. The Morgan fingerprint density at radius 3 is 2.82 bits per heavy atom. The molecule has 2 saturated heterocycles. The Morgan fingerprint density at radius 2 is 2.29 bits per heavy atom. The molecule has 98 valence electrons. The van der Waals surface area contributed by atoms with Crippen molar-refractivity contribution in [2.75, 3.05) is 6.54 Å². The molecule has 2 rings (SSSR count). The van der Waals surface area contributed by atoms with E-state index in [0.29, 0.717) is 18.2 Å². The molecular weight excluding hydrogens is 210 g/mol. The molecule has 2 fully saturated rings. The Labute approximate surface area is 106 Å². The number of allylic oxidation sites excluding steroid dienone is 1. The van der Waals surface area contributed by atoms with Gasteiger partial charge in [0.1, 0.15) is 0 Å². The summed E-state index contributed by atoms with van der Waals surface area (Å²) in [6.45, 7) is 9.53. The average Bonchev–Trinajstić information content (AvgIpc) is 2.90. The minimum absolute atomic E-state index is 0.541. The zero-order valence-corrected chi connectivity index (χ0v) is 11.4. The molecule has 0 aliphatic carbocycles. The maximum atomic E-state index is 5.99. The summed E-state index contributed by atoms with van der Waals surface area (Å²) in [6.07, 6.45) is 8.56. The van der Waals surface area contributed by atoms with Gasteiger partial charge in [0.2, 0.25) is 0 Å². The van der Waals surface area contributed by atoms with Gasteiger partial charge in [-0.15, -0.1) is 6.58 Å². The topological polar surface area (TPSA) is 21.3 Å². The summed E-state index contributed by atoms with van der Waals surface area (Å²) in [5, 5.41) is 3.73. The van der Waals surface area contributed by atoms with E-state index >= 15 is 0 Å². The van der Waals surface area contributed by atoms with Gasteiger partial charge in [0.05, 0.1) is 12.2 Å². The number of nitrogens with one attached hydrogen (secondary N) is 1. The van der Waals surface area contributed by atoms with Gasteiger partial charge in [0.15, 0.2) is 0 Å². The Bertz CT molecular complexity index is 264. The normalized spacial score (nSPS) is 32.9. The zero-order chi connectivity index (χ0) is 12.3. The fourth-order valence-electron chi connectivity index (χ4n) is 3.30. The highest BCUT2D eigenvalue weighted by Crippen LogP contribution is 2.41. The van der Waals surface area contributed by atoms with E-state index in [0.717, 1.165) is 18.9 Å². The zero-order valence-electron chi connectivity index (χ0n) is 11.4. The van der Waals surface area contributed by atoms with Crippen LogP contribution in [0.3, 0.4) is 0 Å². The first-order valence-corrected chi connectivity index (χ1v) is 7.24. The van der Waals surface area contributed by atoms with Crippen molar-refractivity contribution in [3.8, 4) is 0 Å². The van der Waals surface area contributed by atoms with Crippen LogP contribution in [-0.4, -0.2) is 24.8 Å². The number of ether oxygens (including phenoxy) is 1. The largest absolute Gasteiger partial charge is 0.375 e. The Morgan fingerprint density at radius 1 is 1.47 bits per heavy atom. The van der Waals surface area contributed by atoms with Gasteiger partial charge < -0.3 is 10.1 Å². The molecule has 0 spiro atoms. The van der Waals surface area contributed by atoms with Crippen molar-refractivity contribution in [1.29, 1.82) is 0 Å². The summed E-state index contributed by atoms with van der Waals surface area (Å²) in [4.78, 5) is 0. The molecule has 0 aromatic heterocycles. The summed E-state index contributed by atoms with van der Waals surface area (Å²) in [6, 6.07) is 0.641. The molecule has 4 atom stereocenters. The first-order valence-electron chi connectivity index (χ1n) is 7.24. The van der Waals surface area contributed by atoms with E-state index in [-0.39, 0.29) is 0 Å². The number of hydrogen-bond acceptors (Lipinski definition) is 2. The summed E-state index contributed by atoms with van der Waals surface area (Å²) >= 11 is 0. The van der Waals surface area contributed by atoms with Crippen LogP contribution in [-0.2, 0) is 4.74 Å². The summed E-state index contributed by atoms with van der Waals surface area (Å²) in [5.74, 6) is 0.750. The standard InChI is InChI=1S/C15H27NO/c1-4-9-16-14(7-5-11(2)3)13-10-12-6-8-15(13)17-12/h12-16H,2,4-10H2,1,3H3. The van der Waals surface area contributed by atoms with E-state index in [1.54, 1.807) is 0 Å². The van der Waals surface area contributed by atoms with Gasteiger partial charge in [0, 0.05) is 12.0 Å². The highest BCUT2D eigenvalue weighted by Gasteiger charge is 2.43. The molecular formula is C15H27NO. The van der Waals surface area contributed by atoms with Crippen molar-refractivity contribution in [2.45, 2.75) is 70.6 Å². The SMILES string of the molecule is C=C(C)CCC(NCCC)C1CC2CCC1O2. The van der Waals surface area contributed by atoms with Gasteiger partial charge in [0.25, 0.3) is 0 Å². The molecule has 0 aromatic carbocycles. The van der Waals surface area contributed by atoms with Crippen molar-refractivity contribution in [3.63, 3.8) is 0 Å². The van der Waals surface area contributed by atoms with Crippen LogP contribution in [0.4, 0.5) is 0 Å². The van der Waals surface area contributed by atoms with Crippen LogP contribution in [0.2, 0.25) is 0 Å².